The monoisotopic (exact) mass is 365 g/mol. The summed E-state index contributed by atoms with van der Waals surface area (Å²) in [6.45, 7) is 6.95. The average molecular weight is 366 g/mol. The van der Waals surface area contributed by atoms with Crippen molar-refractivity contribution in [1.82, 2.24) is 10.3 Å². The predicted molar refractivity (Wildman–Crippen MR) is 109 cm³/mol. The van der Waals surface area contributed by atoms with Gasteiger partial charge in [0.05, 0.1) is 5.69 Å². The molecule has 0 aliphatic rings. The van der Waals surface area contributed by atoms with E-state index in [0.29, 0.717) is 6.54 Å². The van der Waals surface area contributed by atoms with E-state index >= 15 is 0 Å². The van der Waals surface area contributed by atoms with E-state index in [-0.39, 0.29) is 11.4 Å². The van der Waals surface area contributed by atoms with Gasteiger partial charge in [0.1, 0.15) is 0 Å². The standard InChI is InChI=1S/C21H23N3OS/c1-21(2,3)17-4-6-18(7-5-17)24-20(25)23-13-15-8-10-22-19(12-15)16-9-11-26-14-16/h4-12,14H,13H2,1-3H3,(H2,23,24,25). The minimum atomic E-state index is -0.220. The summed E-state index contributed by atoms with van der Waals surface area (Å²) in [5.74, 6) is 0. The van der Waals surface area contributed by atoms with Crippen molar-refractivity contribution in [3.8, 4) is 11.3 Å². The predicted octanol–water partition coefficient (Wildman–Crippen LogP) is 5.43. The maximum Gasteiger partial charge on any atom is 0.319 e. The molecule has 3 rings (SSSR count). The summed E-state index contributed by atoms with van der Waals surface area (Å²) in [6, 6.07) is 13.7. The second-order valence-corrected chi connectivity index (χ2v) is 7.98. The van der Waals surface area contributed by atoms with Gasteiger partial charge >= 0.3 is 6.03 Å². The molecule has 5 heteroatoms. The van der Waals surface area contributed by atoms with Crippen LogP contribution in [0.1, 0.15) is 31.9 Å². The molecule has 2 amide bonds. The van der Waals surface area contributed by atoms with Gasteiger partial charge in [-0.3, -0.25) is 4.98 Å². The maximum atomic E-state index is 12.1. The second kappa shape index (κ2) is 7.70. The molecule has 2 aromatic heterocycles. The molecule has 0 radical (unpaired) electrons. The number of amides is 2. The highest BCUT2D eigenvalue weighted by Crippen LogP contribution is 2.23. The molecule has 3 aromatic rings. The minimum absolute atomic E-state index is 0.0995. The number of hydrogen-bond donors (Lipinski definition) is 2. The number of pyridine rings is 1. The lowest BCUT2D eigenvalue weighted by Gasteiger charge is -2.19. The zero-order valence-electron chi connectivity index (χ0n) is 15.2. The van der Waals surface area contributed by atoms with E-state index in [1.54, 1.807) is 17.5 Å². The summed E-state index contributed by atoms with van der Waals surface area (Å²) in [6.07, 6.45) is 1.77. The van der Waals surface area contributed by atoms with Gasteiger partial charge in [0.2, 0.25) is 0 Å². The van der Waals surface area contributed by atoms with Gasteiger partial charge in [-0.15, -0.1) is 0 Å². The van der Waals surface area contributed by atoms with Crippen LogP contribution in [0.4, 0.5) is 10.5 Å². The van der Waals surface area contributed by atoms with Crippen LogP contribution in [0.5, 0.6) is 0 Å². The van der Waals surface area contributed by atoms with Gasteiger partial charge in [-0.1, -0.05) is 32.9 Å². The molecule has 0 spiro atoms. The largest absolute Gasteiger partial charge is 0.334 e. The number of rotatable bonds is 4. The van der Waals surface area contributed by atoms with Crippen molar-refractivity contribution < 1.29 is 4.79 Å². The van der Waals surface area contributed by atoms with Crippen molar-refractivity contribution in [3.63, 3.8) is 0 Å². The maximum absolute atomic E-state index is 12.1. The van der Waals surface area contributed by atoms with Gasteiger partial charge in [0.15, 0.2) is 0 Å². The molecule has 0 bridgehead atoms. The van der Waals surface area contributed by atoms with Crippen LogP contribution >= 0.6 is 11.3 Å². The van der Waals surface area contributed by atoms with E-state index in [1.807, 2.05) is 47.8 Å². The number of aromatic nitrogens is 1. The molecule has 1 aromatic carbocycles. The molecule has 0 aliphatic carbocycles. The van der Waals surface area contributed by atoms with Crippen molar-refractivity contribution in [1.29, 1.82) is 0 Å². The molecule has 0 unspecified atom stereocenters. The van der Waals surface area contributed by atoms with Gasteiger partial charge in [0.25, 0.3) is 0 Å². The van der Waals surface area contributed by atoms with Crippen molar-refractivity contribution in [2.45, 2.75) is 32.7 Å². The van der Waals surface area contributed by atoms with E-state index in [9.17, 15) is 4.79 Å². The number of carbonyl (C=O) groups excluding carboxylic acids is 1. The number of carbonyl (C=O) groups is 1. The topological polar surface area (TPSA) is 54.0 Å². The third-order valence-corrected chi connectivity index (χ3v) is 4.79. The molecule has 0 saturated carbocycles. The Balaban J connectivity index is 1.57. The van der Waals surface area contributed by atoms with Gasteiger partial charge < -0.3 is 10.6 Å². The van der Waals surface area contributed by atoms with E-state index in [2.05, 4.69) is 41.8 Å². The van der Waals surface area contributed by atoms with Crippen LogP contribution in [-0.2, 0) is 12.0 Å². The molecular weight excluding hydrogens is 342 g/mol. The van der Waals surface area contributed by atoms with Crippen LogP contribution in [0, 0.1) is 0 Å². The zero-order valence-corrected chi connectivity index (χ0v) is 16.1. The average Bonchev–Trinajstić information content (AvgIpc) is 3.15. The molecule has 0 aliphatic heterocycles. The Labute approximate surface area is 158 Å². The Morgan fingerprint density at radius 2 is 1.88 bits per heavy atom. The second-order valence-electron chi connectivity index (χ2n) is 7.20. The highest BCUT2D eigenvalue weighted by Gasteiger charge is 2.13. The minimum Gasteiger partial charge on any atom is -0.334 e. The lowest BCUT2D eigenvalue weighted by molar-refractivity contribution is 0.251. The highest BCUT2D eigenvalue weighted by atomic mass is 32.1. The third-order valence-electron chi connectivity index (χ3n) is 4.10. The first-order valence-electron chi connectivity index (χ1n) is 8.55. The Kier molecular flexibility index (Phi) is 5.38. The normalized spacial score (nSPS) is 11.2. The molecular formula is C21H23N3OS. The molecule has 26 heavy (non-hydrogen) atoms. The van der Waals surface area contributed by atoms with Crippen molar-refractivity contribution in [3.05, 3.63) is 70.5 Å². The molecule has 4 nitrogen and oxygen atoms in total. The van der Waals surface area contributed by atoms with Gasteiger partial charge in [0, 0.05) is 29.4 Å². The van der Waals surface area contributed by atoms with E-state index in [0.717, 1.165) is 22.5 Å². The number of urea groups is 1. The van der Waals surface area contributed by atoms with Crippen LogP contribution < -0.4 is 10.6 Å². The first kappa shape index (κ1) is 18.1. The number of anilines is 1. The number of benzene rings is 1. The van der Waals surface area contributed by atoms with Crippen LogP contribution in [-0.4, -0.2) is 11.0 Å². The van der Waals surface area contributed by atoms with Crippen molar-refractivity contribution >= 4 is 23.1 Å². The van der Waals surface area contributed by atoms with Gasteiger partial charge in [-0.25, -0.2) is 4.79 Å². The summed E-state index contributed by atoms with van der Waals surface area (Å²) < 4.78 is 0. The molecule has 0 fully saturated rings. The Bertz CT molecular complexity index is 865. The fourth-order valence-corrected chi connectivity index (χ4v) is 3.21. The van der Waals surface area contributed by atoms with E-state index < -0.39 is 0 Å². The number of hydrogen-bond acceptors (Lipinski definition) is 3. The third kappa shape index (κ3) is 4.70. The van der Waals surface area contributed by atoms with Crippen LogP contribution in [0.15, 0.2) is 59.4 Å². The zero-order chi connectivity index (χ0) is 18.6. The van der Waals surface area contributed by atoms with Gasteiger partial charge in [-0.2, -0.15) is 11.3 Å². The van der Waals surface area contributed by atoms with Crippen LogP contribution in [0.2, 0.25) is 0 Å². The molecule has 2 heterocycles. The molecule has 2 N–H and O–H groups in total. The summed E-state index contributed by atoms with van der Waals surface area (Å²) in [7, 11) is 0. The fourth-order valence-electron chi connectivity index (χ4n) is 2.56. The van der Waals surface area contributed by atoms with Crippen molar-refractivity contribution in [2.75, 3.05) is 5.32 Å². The first-order valence-corrected chi connectivity index (χ1v) is 9.49. The summed E-state index contributed by atoms with van der Waals surface area (Å²) >= 11 is 1.64. The molecule has 0 saturated heterocycles. The van der Waals surface area contributed by atoms with Gasteiger partial charge in [-0.05, 0) is 52.3 Å². The number of thiophene rings is 1. The molecule has 134 valence electrons. The van der Waals surface area contributed by atoms with E-state index in [4.69, 9.17) is 0 Å². The molecule has 0 atom stereocenters. The summed E-state index contributed by atoms with van der Waals surface area (Å²) in [4.78, 5) is 16.5. The Morgan fingerprint density at radius 1 is 1.12 bits per heavy atom. The van der Waals surface area contributed by atoms with Crippen LogP contribution in [0.3, 0.4) is 0 Å². The Morgan fingerprint density at radius 3 is 2.54 bits per heavy atom. The van der Waals surface area contributed by atoms with E-state index in [1.165, 1.54) is 5.56 Å². The summed E-state index contributed by atoms with van der Waals surface area (Å²) in [5, 5.41) is 9.85. The quantitative estimate of drug-likeness (QED) is 0.648. The van der Waals surface area contributed by atoms with Crippen LogP contribution in [0.25, 0.3) is 11.3 Å². The first-order chi connectivity index (χ1) is 12.4. The smallest absolute Gasteiger partial charge is 0.319 e. The number of nitrogens with zero attached hydrogens (tertiary/aromatic N) is 1. The fraction of sp³-hybridized carbons (Fsp3) is 0.238. The SMILES string of the molecule is CC(C)(C)c1ccc(NC(=O)NCc2ccnc(-c3ccsc3)c2)cc1. The highest BCUT2D eigenvalue weighted by molar-refractivity contribution is 7.08. The lowest BCUT2D eigenvalue weighted by Crippen LogP contribution is -2.28. The number of nitrogens with one attached hydrogen (secondary N) is 2. The Hall–Kier alpha value is -2.66. The van der Waals surface area contributed by atoms with Crippen molar-refractivity contribution in [2.24, 2.45) is 0 Å². The summed E-state index contributed by atoms with van der Waals surface area (Å²) in [5.41, 5.74) is 5.15. The lowest BCUT2D eigenvalue weighted by atomic mass is 9.87.